The largest absolute Gasteiger partial charge is 0.354 e. The van der Waals surface area contributed by atoms with Gasteiger partial charge in [0.05, 0.1) is 13.8 Å². The molecule has 1 aromatic heterocycles. The van der Waals surface area contributed by atoms with E-state index in [9.17, 15) is 0 Å². The van der Waals surface area contributed by atoms with E-state index in [1.807, 2.05) is 11.3 Å². The average molecular weight is 354 g/mol. The molecule has 0 atom stereocenters. The summed E-state index contributed by atoms with van der Waals surface area (Å²) in [5, 5.41) is 8.70. The predicted octanol–water partition coefficient (Wildman–Crippen LogP) is 6.49. The number of nitrogens with one attached hydrogen (secondary N) is 1. The van der Waals surface area contributed by atoms with Crippen LogP contribution in [0.2, 0.25) is 19.6 Å². The summed E-state index contributed by atoms with van der Waals surface area (Å²) in [5.41, 5.74) is 3.93. The Kier molecular flexibility index (Phi) is 4.35. The molecule has 0 saturated carbocycles. The number of hydrogen-bond acceptors (Lipinski definition) is 2. The van der Waals surface area contributed by atoms with Gasteiger partial charge in [-0.25, -0.2) is 0 Å². The lowest BCUT2D eigenvalue weighted by atomic mass is 9.87. The monoisotopic (exact) mass is 353 g/mol. The van der Waals surface area contributed by atoms with Gasteiger partial charge in [0, 0.05) is 21.2 Å². The first kappa shape index (κ1) is 17.2. The minimum absolute atomic E-state index is 0.194. The molecule has 0 amide bonds. The number of rotatable bonds is 3. The summed E-state index contributed by atoms with van der Waals surface area (Å²) in [4.78, 5) is 0. The van der Waals surface area contributed by atoms with Crippen LogP contribution >= 0.6 is 11.3 Å². The van der Waals surface area contributed by atoms with Gasteiger partial charge in [-0.1, -0.05) is 69.9 Å². The van der Waals surface area contributed by atoms with Gasteiger partial charge in [0.25, 0.3) is 0 Å². The Morgan fingerprint density at radius 2 is 1.58 bits per heavy atom. The number of fused-ring (bicyclic) bond motifs is 1. The first-order valence-corrected chi connectivity index (χ1v) is 12.9. The fourth-order valence-electron chi connectivity index (χ4n) is 2.80. The molecular weight excluding hydrogens is 326 g/mol. The normalized spacial score (nSPS) is 12.6. The van der Waals surface area contributed by atoms with E-state index in [1.165, 1.54) is 26.5 Å². The molecule has 0 bridgehead atoms. The summed E-state index contributed by atoms with van der Waals surface area (Å²) < 4.78 is 1.35. The van der Waals surface area contributed by atoms with Crippen LogP contribution in [-0.4, -0.2) is 8.07 Å². The topological polar surface area (TPSA) is 12.0 Å². The number of anilines is 2. The molecule has 126 valence electrons. The van der Waals surface area contributed by atoms with Gasteiger partial charge in [0.1, 0.15) is 0 Å². The summed E-state index contributed by atoms with van der Waals surface area (Å²) in [5.74, 6) is 0. The zero-order valence-electron chi connectivity index (χ0n) is 15.5. The molecule has 2 aromatic carbocycles. The predicted molar refractivity (Wildman–Crippen MR) is 113 cm³/mol. The van der Waals surface area contributed by atoms with Gasteiger partial charge in [0.2, 0.25) is 0 Å². The van der Waals surface area contributed by atoms with Crippen molar-refractivity contribution in [2.45, 2.75) is 45.8 Å². The Bertz CT molecular complexity index is 848. The molecule has 0 aliphatic heterocycles. The Morgan fingerprint density at radius 3 is 2.17 bits per heavy atom. The molecule has 0 spiro atoms. The van der Waals surface area contributed by atoms with Gasteiger partial charge in [0.15, 0.2) is 0 Å². The van der Waals surface area contributed by atoms with Crippen molar-refractivity contribution in [3.05, 3.63) is 53.4 Å². The van der Waals surface area contributed by atoms with Crippen molar-refractivity contribution in [3.63, 3.8) is 0 Å². The zero-order valence-corrected chi connectivity index (χ0v) is 17.3. The van der Waals surface area contributed by atoms with E-state index >= 15 is 0 Å². The second-order valence-electron chi connectivity index (χ2n) is 8.56. The second kappa shape index (κ2) is 6.05. The third-order valence-electron chi connectivity index (χ3n) is 4.47. The highest BCUT2D eigenvalue weighted by molar-refractivity contribution is 7.17. The highest BCUT2D eigenvalue weighted by Crippen LogP contribution is 2.33. The van der Waals surface area contributed by atoms with Crippen molar-refractivity contribution in [1.82, 2.24) is 0 Å². The van der Waals surface area contributed by atoms with Crippen molar-refractivity contribution in [2.24, 2.45) is 0 Å². The van der Waals surface area contributed by atoms with Gasteiger partial charge in [-0.05, 0) is 29.2 Å². The smallest absolute Gasteiger partial charge is 0.0776 e. The Hall–Kier alpha value is -1.58. The number of thiophene rings is 1. The molecule has 1 N–H and O–H groups in total. The molecule has 0 saturated heterocycles. The van der Waals surface area contributed by atoms with Crippen molar-refractivity contribution < 1.29 is 0 Å². The molecule has 0 unspecified atom stereocenters. The Balaban J connectivity index is 1.92. The molecule has 0 radical (unpaired) electrons. The maximum absolute atomic E-state index is 3.61. The van der Waals surface area contributed by atoms with E-state index in [-0.39, 0.29) is 5.41 Å². The molecule has 1 nitrogen and oxygen atoms in total. The summed E-state index contributed by atoms with van der Waals surface area (Å²) in [6.45, 7) is 14.0. The van der Waals surface area contributed by atoms with Gasteiger partial charge < -0.3 is 5.32 Å². The first-order valence-electron chi connectivity index (χ1n) is 8.54. The van der Waals surface area contributed by atoms with Gasteiger partial charge in [-0.2, -0.15) is 0 Å². The number of hydrogen-bond donors (Lipinski definition) is 1. The molecule has 0 fully saturated rings. The van der Waals surface area contributed by atoms with Crippen LogP contribution in [-0.2, 0) is 5.41 Å². The van der Waals surface area contributed by atoms with Crippen LogP contribution in [0.5, 0.6) is 0 Å². The summed E-state index contributed by atoms with van der Waals surface area (Å²) in [6.07, 6.45) is 0. The van der Waals surface area contributed by atoms with Gasteiger partial charge in [-0.3, -0.25) is 0 Å². The number of benzene rings is 2. The SMILES string of the molecule is CC(C)(C)c1ccc(Nc2csc3ccc([Si](C)(C)C)cc23)cc1. The lowest BCUT2D eigenvalue weighted by Gasteiger charge is -2.19. The van der Waals surface area contributed by atoms with E-state index in [0.29, 0.717) is 0 Å². The second-order valence-corrected chi connectivity index (χ2v) is 14.6. The minimum atomic E-state index is -1.29. The third-order valence-corrected chi connectivity index (χ3v) is 7.48. The fourth-order valence-corrected chi connectivity index (χ4v) is 4.84. The highest BCUT2D eigenvalue weighted by Gasteiger charge is 2.18. The van der Waals surface area contributed by atoms with E-state index < -0.39 is 8.07 Å². The molecule has 0 aliphatic carbocycles. The molecule has 1 heterocycles. The summed E-state index contributed by atoms with van der Waals surface area (Å²) in [7, 11) is -1.29. The summed E-state index contributed by atoms with van der Waals surface area (Å²) >= 11 is 1.81. The molecular formula is C21H27NSSi. The van der Waals surface area contributed by atoms with E-state index in [0.717, 1.165) is 5.69 Å². The average Bonchev–Trinajstić information content (AvgIpc) is 2.88. The van der Waals surface area contributed by atoms with Crippen LogP contribution in [0.3, 0.4) is 0 Å². The van der Waals surface area contributed by atoms with E-state index in [4.69, 9.17) is 0 Å². The van der Waals surface area contributed by atoms with E-state index in [1.54, 1.807) is 0 Å². The summed E-state index contributed by atoms with van der Waals surface area (Å²) in [6, 6.07) is 15.8. The molecule has 24 heavy (non-hydrogen) atoms. The zero-order chi connectivity index (χ0) is 17.5. The van der Waals surface area contributed by atoms with Gasteiger partial charge in [-0.15, -0.1) is 11.3 Å². The van der Waals surface area contributed by atoms with Crippen LogP contribution < -0.4 is 10.5 Å². The lowest BCUT2D eigenvalue weighted by molar-refractivity contribution is 0.590. The quantitative estimate of drug-likeness (QED) is 0.531. The van der Waals surface area contributed by atoms with Crippen molar-refractivity contribution >= 4 is 46.1 Å². The standard InChI is InChI=1S/C21H27NSSi/c1-21(2,3)15-7-9-16(10-8-15)22-19-14-23-20-12-11-17(13-18(19)20)24(4,5)6/h7-14,22H,1-6H3. The van der Waals surface area contributed by atoms with Crippen molar-refractivity contribution in [3.8, 4) is 0 Å². The maximum Gasteiger partial charge on any atom is 0.0776 e. The molecule has 3 rings (SSSR count). The van der Waals surface area contributed by atoms with Crippen LogP contribution in [0.1, 0.15) is 26.3 Å². The van der Waals surface area contributed by atoms with Gasteiger partial charge >= 0.3 is 0 Å². The van der Waals surface area contributed by atoms with E-state index in [2.05, 4.69) is 93.6 Å². The van der Waals surface area contributed by atoms with Crippen molar-refractivity contribution in [2.75, 3.05) is 5.32 Å². The van der Waals surface area contributed by atoms with Crippen LogP contribution in [0.15, 0.2) is 47.8 Å². The third kappa shape index (κ3) is 3.57. The minimum Gasteiger partial charge on any atom is -0.354 e. The van der Waals surface area contributed by atoms with Crippen LogP contribution in [0, 0.1) is 0 Å². The van der Waals surface area contributed by atoms with Crippen molar-refractivity contribution in [1.29, 1.82) is 0 Å². The molecule has 0 aliphatic rings. The maximum atomic E-state index is 3.61. The highest BCUT2D eigenvalue weighted by atomic mass is 32.1. The van der Waals surface area contributed by atoms with Crippen LogP contribution in [0.4, 0.5) is 11.4 Å². The Morgan fingerprint density at radius 1 is 0.917 bits per heavy atom. The lowest BCUT2D eigenvalue weighted by Crippen LogP contribution is -2.37. The molecule has 3 aromatic rings. The molecule has 3 heteroatoms. The van der Waals surface area contributed by atoms with Crippen LogP contribution in [0.25, 0.3) is 10.1 Å². The first-order chi connectivity index (χ1) is 11.1. The Labute approximate surface area is 150 Å². The fraction of sp³-hybridized carbons (Fsp3) is 0.333.